The van der Waals surface area contributed by atoms with Crippen molar-refractivity contribution in [3.63, 3.8) is 0 Å². The van der Waals surface area contributed by atoms with Gasteiger partial charge in [0.15, 0.2) is 0 Å². The maximum atomic E-state index is 11.4. The van der Waals surface area contributed by atoms with Gasteiger partial charge in [-0.05, 0) is 16.8 Å². The molecule has 10 nitrogen and oxygen atoms in total. The van der Waals surface area contributed by atoms with Crippen LogP contribution in [0.25, 0.3) is 0 Å². The van der Waals surface area contributed by atoms with Crippen molar-refractivity contribution in [2.75, 3.05) is 12.3 Å². The Labute approximate surface area is 117 Å². The first-order valence-electron chi connectivity index (χ1n) is 5.58. The van der Waals surface area contributed by atoms with Crippen LogP contribution >= 0.6 is 11.8 Å². The summed E-state index contributed by atoms with van der Waals surface area (Å²) in [6.45, 7) is -0.110. The molecule has 0 unspecified atom stereocenters. The highest BCUT2D eigenvalue weighted by Gasteiger charge is 2.12. The molecule has 0 aliphatic carbocycles. The molecular weight excluding hydrogens is 290 g/mol. The number of tetrazole rings is 1. The second-order valence-corrected chi connectivity index (χ2v) is 4.59. The minimum atomic E-state index is -1.09. The first-order chi connectivity index (χ1) is 9.49. The summed E-state index contributed by atoms with van der Waals surface area (Å²) < 4.78 is 1.07. The molecular formula is C9H13N5O5S. The number of hydrogen-bond acceptors (Lipinski definition) is 7. The van der Waals surface area contributed by atoms with Crippen LogP contribution in [0.5, 0.6) is 0 Å². The molecule has 0 atom stereocenters. The first-order valence-corrected chi connectivity index (χ1v) is 6.57. The van der Waals surface area contributed by atoms with Gasteiger partial charge in [-0.25, -0.2) is 4.68 Å². The lowest BCUT2D eigenvalue weighted by Crippen LogP contribution is -2.26. The maximum Gasteiger partial charge on any atom is 0.325 e. The van der Waals surface area contributed by atoms with E-state index in [2.05, 4.69) is 20.8 Å². The van der Waals surface area contributed by atoms with Crippen LogP contribution in [0.3, 0.4) is 0 Å². The first kappa shape index (κ1) is 15.9. The van der Waals surface area contributed by atoms with Crippen molar-refractivity contribution in [1.82, 2.24) is 25.5 Å². The normalized spacial score (nSPS) is 10.2. The van der Waals surface area contributed by atoms with Gasteiger partial charge in [-0.15, -0.1) is 5.10 Å². The summed E-state index contributed by atoms with van der Waals surface area (Å²) in [4.78, 5) is 32.2. The van der Waals surface area contributed by atoms with E-state index in [4.69, 9.17) is 10.2 Å². The summed E-state index contributed by atoms with van der Waals surface area (Å²) in [5.41, 5.74) is 0. The summed E-state index contributed by atoms with van der Waals surface area (Å²) in [5.74, 6) is -2.28. The van der Waals surface area contributed by atoms with Crippen molar-refractivity contribution < 1.29 is 24.6 Å². The smallest absolute Gasteiger partial charge is 0.325 e. The average Bonchev–Trinajstić information content (AvgIpc) is 2.78. The molecule has 110 valence electrons. The Hall–Kier alpha value is -2.17. The third-order valence-electron chi connectivity index (χ3n) is 2.01. The van der Waals surface area contributed by atoms with E-state index in [1.165, 1.54) is 0 Å². The molecule has 0 fully saturated rings. The Morgan fingerprint density at radius 2 is 2.00 bits per heavy atom. The Morgan fingerprint density at radius 1 is 1.25 bits per heavy atom. The lowest BCUT2D eigenvalue weighted by Gasteiger charge is -2.03. The van der Waals surface area contributed by atoms with Crippen LogP contribution in [0.15, 0.2) is 5.16 Å². The van der Waals surface area contributed by atoms with E-state index in [1.54, 1.807) is 0 Å². The van der Waals surface area contributed by atoms with E-state index in [0.29, 0.717) is 6.42 Å². The number of carbonyl (C=O) groups excluding carboxylic acids is 1. The van der Waals surface area contributed by atoms with Crippen molar-refractivity contribution in [3.8, 4) is 0 Å². The van der Waals surface area contributed by atoms with Gasteiger partial charge in [-0.3, -0.25) is 14.4 Å². The Bertz CT molecular complexity index is 491. The number of nitrogens with zero attached hydrogens (tertiary/aromatic N) is 4. The molecule has 0 aliphatic rings. The number of nitrogens with one attached hydrogen (secondary N) is 1. The fraction of sp³-hybridized carbons (Fsp3) is 0.556. The van der Waals surface area contributed by atoms with Crippen LogP contribution in [0.4, 0.5) is 0 Å². The van der Waals surface area contributed by atoms with Gasteiger partial charge in [-0.1, -0.05) is 11.8 Å². The van der Waals surface area contributed by atoms with Crippen LogP contribution in [-0.2, 0) is 20.9 Å². The molecule has 3 N–H and O–H groups in total. The topological polar surface area (TPSA) is 147 Å². The summed E-state index contributed by atoms with van der Waals surface area (Å²) in [6.07, 6.45) is 0.340. The fourth-order valence-electron chi connectivity index (χ4n) is 1.18. The number of thioether (sulfide) groups is 1. The van der Waals surface area contributed by atoms with Crippen LogP contribution < -0.4 is 5.32 Å². The largest absolute Gasteiger partial charge is 0.481 e. The van der Waals surface area contributed by atoms with Crippen molar-refractivity contribution in [3.05, 3.63) is 0 Å². The van der Waals surface area contributed by atoms with Gasteiger partial charge >= 0.3 is 11.9 Å². The molecule has 0 saturated heterocycles. The molecule has 11 heteroatoms. The zero-order valence-corrected chi connectivity index (χ0v) is 11.2. The van der Waals surface area contributed by atoms with E-state index < -0.39 is 11.9 Å². The van der Waals surface area contributed by atoms with Gasteiger partial charge in [0.2, 0.25) is 11.1 Å². The molecule has 0 radical (unpaired) electrons. The second-order valence-electron chi connectivity index (χ2n) is 3.65. The van der Waals surface area contributed by atoms with Crippen LogP contribution in [0.2, 0.25) is 0 Å². The highest BCUT2D eigenvalue weighted by atomic mass is 32.2. The van der Waals surface area contributed by atoms with Gasteiger partial charge in [0.05, 0.1) is 5.75 Å². The third kappa shape index (κ3) is 6.13. The number of rotatable bonds is 9. The standard InChI is InChI=1S/C9H13N5O5S/c15-6(10-3-1-2-7(16)17)5-20-9-11-12-13-14(9)4-8(18)19/h1-5H2,(H,10,15)(H,16,17)(H,18,19). The number of aliphatic carboxylic acids is 2. The minimum absolute atomic E-state index is 0.00964. The van der Waals surface area contributed by atoms with Crippen molar-refractivity contribution in [1.29, 1.82) is 0 Å². The molecule has 0 aliphatic heterocycles. The molecule has 1 aromatic heterocycles. The van der Waals surface area contributed by atoms with E-state index in [0.717, 1.165) is 16.4 Å². The van der Waals surface area contributed by atoms with E-state index >= 15 is 0 Å². The van der Waals surface area contributed by atoms with E-state index in [-0.39, 0.29) is 36.3 Å². The molecule has 0 aromatic carbocycles. The number of carbonyl (C=O) groups is 3. The van der Waals surface area contributed by atoms with Crippen LogP contribution in [0.1, 0.15) is 12.8 Å². The Balaban J connectivity index is 2.28. The summed E-state index contributed by atoms with van der Waals surface area (Å²) in [7, 11) is 0. The number of aromatic nitrogens is 4. The number of carboxylic acids is 2. The van der Waals surface area contributed by atoms with Crippen molar-refractivity contribution in [2.45, 2.75) is 24.5 Å². The number of carboxylic acid groups (broad SMARTS) is 2. The zero-order valence-electron chi connectivity index (χ0n) is 10.4. The molecule has 0 spiro atoms. The average molecular weight is 303 g/mol. The lowest BCUT2D eigenvalue weighted by molar-refractivity contribution is -0.138. The minimum Gasteiger partial charge on any atom is -0.481 e. The van der Waals surface area contributed by atoms with Crippen molar-refractivity contribution in [2.24, 2.45) is 0 Å². The van der Waals surface area contributed by atoms with Gasteiger partial charge in [0, 0.05) is 13.0 Å². The quantitative estimate of drug-likeness (QED) is 0.379. The highest BCUT2D eigenvalue weighted by molar-refractivity contribution is 7.99. The van der Waals surface area contributed by atoms with E-state index in [1.807, 2.05) is 0 Å². The molecule has 0 saturated carbocycles. The predicted octanol–water partition coefficient (Wildman–Crippen LogP) is -1.17. The molecule has 1 amide bonds. The highest BCUT2D eigenvalue weighted by Crippen LogP contribution is 2.12. The number of hydrogen-bond donors (Lipinski definition) is 3. The predicted molar refractivity (Wildman–Crippen MR) is 66.1 cm³/mol. The lowest BCUT2D eigenvalue weighted by atomic mass is 10.3. The Kier molecular flexibility index (Phi) is 6.43. The fourth-order valence-corrected chi connectivity index (χ4v) is 1.88. The van der Waals surface area contributed by atoms with Gasteiger partial charge < -0.3 is 15.5 Å². The summed E-state index contributed by atoms with van der Waals surface area (Å²) in [6, 6.07) is 0. The van der Waals surface area contributed by atoms with Crippen LogP contribution in [-0.4, -0.2) is 60.6 Å². The zero-order chi connectivity index (χ0) is 15.0. The molecule has 0 bridgehead atoms. The second kappa shape index (κ2) is 8.09. The van der Waals surface area contributed by atoms with Gasteiger partial charge in [0.1, 0.15) is 6.54 Å². The molecule has 1 aromatic rings. The Morgan fingerprint density at radius 3 is 2.65 bits per heavy atom. The summed E-state index contributed by atoms with van der Waals surface area (Å²) in [5, 5.41) is 30.2. The molecule has 1 heterocycles. The maximum absolute atomic E-state index is 11.4. The monoisotopic (exact) mass is 303 g/mol. The van der Waals surface area contributed by atoms with Gasteiger partial charge in [0.25, 0.3) is 0 Å². The third-order valence-corrected chi connectivity index (χ3v) is 2.96. The molecule has 1 rings (SSSR count). The van der Waals surface area contributed by atoms with Gasteiger partial charge in [-0.2, -0.15) is 0 Å². The van der Waals surface area contributed by atoms with Crippen LogP contribution in [0, 0.1) is 0 Å². The molecule has 20 heavy (non-hydrogen) atoms. The SMILES string of the molecule is O=C(O)CCCNC(=O)CSc1nnnn1CC(=O)O. The van der Waals surface area contributed by atoms with E-state index in [9.17, 15) is 14.4 Å². The summed E-state index contributed by atoms with van der Waals surface area (Å²) >= 11 is 1.00. The van der Waals surface area contributed by atoms with Crippen molar-refractivity contribution >= 4 is 29.6 Å². The number of amides is 1.